The lowest BCUT2D eigenvalue weighted by Gasteiger charge is -1.88. The highest BCUT2D eigenvalue weighted by Gasteiger charge is 2.08. The first-order valence-corrected chi connectivity index (χ1v) is 2.67. The van der Waals surface area contributed by atoms with Gasteiger partial charge in [-0.05, 0) is 0 Å². The summed E-state index contributed by atoms with van der Waals surface area (Å²) < 4.78 is 16.1. The fourth-order valence-electron chi connectivity index (χ4n) is 0.509. The van der Waals surface area contributed by atoms with E-state index in [4.69, 9.17) is 5.79 Å². The Bertz CT molecular complexity index is 281. The molecule has 0 saturated carbocycles. The second kappa shape index (κ2) is 2.51. The molecular formula is C6H7NO3. The fraction of sp³-hybridized carbons (Fsp3) is 0.333. The van der Waals surface area contributed by atoms with Gasteiger partial charge in [0.1, 0.15) is 7.61 Å². The lowest BCUT2D eigenvalue weighted by atomic mass is 10.5. The van der Waals surface area contributed by atoms with E-state index in [9.17, 15) is 4.79 Å². The molecule has 1 rings (SSSR count). The van der Waals surface area contributed by atoms with Crippen molar-refractivity contribution in [2.24, 2.45) is 0 Å². The second-order valence-corrected chi connectivity index (χ2v) is 1.68. The van der Waals surface area contributed by atoms with Gasteiger partial charge in [0.05, 0.1) is 7.11 Å². The molecule has 0 aliphatic carbocycles. The summed E-state index contributed by atoms with van der Waals surface area (Å²) in [6.07, 6.45) is -0.255. The third-order valence-corrected chi connectivity index (χ3v) is 0.943. The summed E-state index contributed by atoms with van der Waals surface area (Å²) in [5.74, 6) is -0.359. The third-order valence-electron chi connectivity index (χ3n) is 0.943. The van der Waals surface area contributed by atoms with Gasteiger partial charge in [0, 0.05) is 6.92 Å². The van der Waals surface area contributed by atoms with Gasteiger partial charge in [-0.25, -0.2) is 9.78 Å². The first-order chi connectivity index (χ1) is 5.15. The number of rotatable bonds is 1. The monoisotopic (exact) mass is 142 g/mol. The maximum atomic E-state index is 10.8. The quantitative estimate of drug-likeness (QED) is 0.543. The molecule has 0 unspecified atom stereocenters. The Morgan fingerprint density at radius 2 is 2.70 bits per heavy atom. The van der Waals surface area contributed by atoms with Gasteiger partial charge < -0.3 is 9.15 Å². The normalized spacial score (nSPS) is 10.8. The van der Waals surface area contributed by atoms with Crippen LogP contribution in [0.3, 0.4) is 0 Å². The van der Waals surface area contributed by atoms with Crippen molar-refractivity contribution < 1.29 is 15.3 Å². The molecule has 0 atom stereocenters. The van der Waals surface area contributed by atoms with E-state index in [0.29, 0.717) is 0 Å². The predicted octanol–water partition coefficient (Wildman–Crippen LogP) is 0.770. The Hall–Kier alpha value is -1.32. The van der Waals surface area contributed by atoms with Gasteiger partial charge in [-0.2, -0.15) is 0 Å². The molecule has 0 amide bonds. The summed E-state index contributed by atoms with van der Waals surface area (Å²) >= 11 is 0. The highest BCUT2D eigenvalue weighted by atomic mass is 16.5. The molecule has 0 aliphatic heterocycles. The summed E-state index contributed by atoms with van der Waals surface area (Å²) in [6, 6.07) is 0. The van der Waals surface area contributed by atoms with E-state index < -0.39 is 5.97 Å². The number of aryl methyl sites for hydroxylation is 1. The molecule has 4 nitrogen and oxygen atoms in total. The number of carbonyl (C=O) groups excluding carboxylic acids is 1. The Kier molecular flexibility index (Phi) is 1.37. The maximum Gasteiger partial charge on any atom is 0.360 e. The molecule has 0 aromatic carbocycles. The molecule has 0 N–H and O–H groups in total. The van der Waals surface area contributed by atoms with Crippen LogP contribution in [0, 0.1) is 6.92 Å². The number of carbonyl (C=O) groups is 1. The van der Waals surface area contributed by atoms with Gasteiger partial charge in [0.25, 0.3) is 0 Å². The average molecular weight is 142 g/mol. The number of oxazole rings is 1. The lowest BCUT2D eigenvalue weighted by Crippen LogP contribution is -2.00. The summed E-state index contributed by atoms with van der Waals surface area (Å²) in [5.41, 5.74) is -0.0787. The number of methoxy groups -OCH3 is 1. The van der Waals surface area contributed by atoms with Crippen LogP contribution in [-0.4, -0.2) is 18.1 Å². The summed E-state index contributed by atoms with van der Waals surface area (Å²) in [7, 11) is 1.23. The van der Waals surface area contributed by atoms with Gasteiger partial charge in [-0.1, -0.05) is 0 Å². The number of aromatic nitrogens is 1. The van der Waals surface area contributed by atoms with Gasteiger partial charge in [0.15, 0.2) is 11.6 Å². The lowest BCUT2D eigenvalue weighted by molar-refractivity contribution is 0.0594. The SMILES string of the molecule is [2H]c1oc(C)nc1C(=O)OC. The van der Waals surface area contributed by atoms with Crippen LogP contribution in [0.4, 0.5) is 0 Å². The summed E-state index contributed by atoms with van der Waals surface area (Å²) in [4.78, 5) is 14.4. The smallest absolute Gasteiger partial charge is 0.360 e. The molecule has 0 spiro atoms. The van der Waals surface area contributed by atoms with Crippen molar-refractivity contribution in [1.82, 2.24) is 4.98 Å². The van der Waals surface area contributed by atoms with Crippen LogP contribution in [-0.2, 0) is 4.74 Å². The topological polar surface area (TPSA) is 52.3 Å². The van der Waals surface area contributed by atoms with Crippen molar-refractivity contribution in [2.75, 3.05) is 7.11 Å². The minimum atomic E-state index is -0.646. The molecule has 54 valence electrons. The molecular weight excluding hydrogens is 134 g/mol. The standard InChI is InChI=1S/C6H7NO3/c1-4-7-5(3-10-4)6(8)9-2/h3H,1-2H3/i3D. The zero-order valence-corrected chi connectivity index (χ0v) is 5.67. The first-order valence-electron chi connectivity index (χ1n) is 3.17. The van der Waals surface area contributed by atoms with E-state index in [-0.39, 0.29) is 17.8 Å². The number of esters is 1. The molecule has 10 heavy (non-hydrogen) atoms. The molecule has 0 saturated heterocycles. The van der Waals surface area contributed by atoms with E-state index in [1.165, 1.54) is 7.11 Å². The largest absolute Gasteiger partial charge is 0.464 e. The van der Waals surface area contributed by atoms with Crippen LogP contribution >= 0.6 is 0 Å². The van der Waals surface area contributed by atoms with Crippen LogP contribution in [0.2, 0.25) is 0 Å². The molecule has 1 heterocycles. The molecule has 0 fully saturated rings. The van der Waals surface area contributed by atoms with Crippen LogP contribution in [0.1, 0.15) is 17.7 Å². The molecule has 4 heteroatoms. The zero-order chi connectivity index (χ0) is 8.43. The Balaban J connectivity index is 3.03. The Morgan fingerprint density at radius 1 is 2.00 bits per heavy atom. The van der Waals surface area contributed by atoms with Crippen LogP contribution in [0.15, 0.2) is 10.7 Å². The second-order valence-electron chi connectivity index (χ2n) is 1.68. The van der Waals surface area contributed by atoms with Crippen molar-refractivity contribution in [3.8, 4) is 0 Å². The maximum absolute atomic E-state index is 10.8. The Labute approximate surface area is 59.2 Å². The number of nitrogens with zero attached hydrogens (tertiary/aromatic N) is 1. The molecule has 0 aliphatic rings. The number of hydrogen-bond donors (Lipinski definition) is 0. The van der Waals surface area contributed by atoms with Crippen LogP contribution in [0.5, 0.6) is 0 Å². The van der Waals surface area contributed by atoms with E-state index in [1.54, 1.807) is 6.92 Å². The minimum Gasteiger partial charge on any atom is -0.464 e. The van der Waals surface area contributed by atoms with Crippen molar-refractivity contribution >= 4 is 5.97 Å². The van der Waals surface area contributed by atoms with Crippen molar-refractivity contribution in [2.45, 2.75) is 6.92 Å². The van der Waals surface area contributed by atoms with Gasteiger partial charge in [-0.15, -0.1) is 0 Å². The molecule has 0 bridgehead atoms. The zero-order valence-electron chi connectivity index (χ0n) is 6.67. The summed E-state index contributed by atoms with van der Waals surface area (Å²) in [6.45, 7) is 1.56. The number of hydrogen-bond acceptors (Lipinski definition) is 4. The Morgan fingerprint density at radius 3 is 3.10 bits per heavy atom. The first kappa shape index (κ1) is 5.46. The average Bonchev–Trinajstić information content (AvgIpc) is 2.28. The van der Waals surface area contributed by atoms with Crippen molar-refractivity contribution in [1.29, 1.82) is 0 Å². The highest BCUT2D eigenvalue weighted by Crippen LogP contribution is 2.00. The highest BCUT2D eigenvalue weighted by molar-refractivity contribution is 5.86. The minimum absolute atomic E-state index is 0.0787. The molecule has 1 aromatic rings. The summed E-state index contributed by atoms with van der Waals surface area (Å²) in [5, 5.41) is 0. The van der Waals surface area contributed by atoms with E-state index >= 15 is 0 Å². The van der Waals surface area contributed by atoms with E-state index in [1.807, 2.05) is 0 Å². The van der Waals surface area contributed by atoms with Crippen LogP contribution < -0.4 is 0 Å². The van der Waals surface area contributed by atoms with Crippen molar-refractivity contribution in [3.63, 3.8) is 0 Å². The number of ether oxygens (including phenoxy) is 1. The van der Waals surface area contributed by atoms with Gasteiger partial charge >= 0.3 is 5.97 Å². The van der Waals surface area contributed by atoms with Gasteiger partial charge in [-0.3, -0.25) is 0 Å². The third kappa shape index (κ3) is 1.15. The van der Waals surface area contributed by atoms with E-state index in [0.717, 1.165) is 0 Å². The predicted molar refractivity (Wildman–Crippen MR) is 32.6 cm³/mol. The van der Waals surface area contributed by atoms with Crippen molar-refractivity contribution in [3.05, 3.63) is 17.8 Å². The van der Waals surface area contributed by atoms with Gasteiger partial charge in [0.2, 0.25) is 0 Å². The molecule has 1 aromatic heterocycles. The van der Waals surface area contributed by atoms with E-state index in [2.05, 4.69) is 9.72 Å². The molecule has 0 radical (unpaired) electrons. The fourth-order valence-corrected chi connectivity index (χ4v) is 0.509. The van der Waals surface area contributed by atoms with Crippen LogP contribution in [0.25, 0.3) is 0 Å².